The zero-order chi connectivity index (χ0) is 17.8. The highest BCUT2D eigenvalue weighted by Gasteiger charge is 2.24. The molecule has 2 aromatic carbocycles. The van der Waals surface area contributed by atoms with Crippen molar-refractivity contribution in [3.63, 3.8) is 0 Å². The quantitative estimate of drug-likeness (QED) is 0.571. The number of rotatable bonds is 7. The number of hydrogen-bond acceptors (Lipinski definition) is 5. The third-order valence-electron chi connectivity index (χ3n) is 4.11. The standard InChI is InChI=1S/C19H20N2O4/c1-12(19(23)24)20-10-13(22)11-25-21-18-16-8-4-2-6-14(16)15-7-3-5-9-17(15)18/h2-9,12-13,20,22H,10-11H2,1H3,(H,23,24)/t12-,13-/m1/s1. The van der Waals surface area contributed by atoms with Gasteiger partial charge in [0.15, 0.2) is 0 Å². The first-order valence-electron chi connectivity index (χ1n) is 8.11. The first-order valence-corrected chi connectivity index (χ1v) is 8.11. The highest BCUT2D eigenvalue weighted by atomic mass is 16.6. The van der Waals surface area contributed by atoms with Crippen LogP contribution in [0.1, 0.15) is 18.1 Å². The van der Waals surface area contributed by atoms with Crippen LogP contribution in [0.5, 0.6) is 0 Å². The van der Waals surface area contributed by atoms with E-state index in [1.165, 1.54) is 6.92 Å². The van der Waals surface area contributed by atoms with E-state index in [2.05, 4.69) is 10.5 Å². The first-order chi connectivity index (χ1) is 12.1. The summed E-state index contributed by atoms with van der Waals surface area (Å²) in [5.74, 6) is -0.965. The van der Waals surface area contributed by atoms with Crippen LogP contribution in [0, 0.1) is 0 Å². The van der Waals surface area contributed by atoms with Crippen molar-refractivity contribution in [1.29, 1.82) is 0 Å². The summed E-state index contributed by atoms with van der Waals surface area (Å²) in [5, 5.41) is 25.6. The molecular formula is C19H20N2O4. The summed E-state index contributed by atoms with van der Waals surface area (Å²) in [5.41, 5.74) is 4.95. The number of aliphatic hydroxyl groups is 1. The van der Waals surface area contributed by atoms with Crippen molar-refractivity contribution in [2.75, 3.05) is 13.2 Å². The van der Waals surface area contributed by atoms with E-state index < -0.39 is 18.1 Å². The number of aliphatic hydroxyl groups excluding tert-OH is 1. The second-order valence-electron chi connectivity index (χ2n) is 5.95. The SMILES string of the molecule is C[C@@H](NC[C@@H](O)CON=C1c2ccccc2-c2ccccc21)C(=O)O. The molecule has 0 amide bonds. The molecule has 6 nitrogen and oxygen atoms in total. The molecule has 0 saturated heterocycles. The van der Waals surface area contributed by atoms with E-state index >= 15 is 0 Å². The maximum absolute atomic E-state index is 10.7. The molecule has 0 spiro atoms. The lowest BCUT2D eigenvalue weighted by Gasteiger charge is -2.13. The van der Waals surface area contributed by atoms with Crippen molar-refractivity contribution in [2.45, 2.75) is 19.1 Å². The Morgan fingerprint density at radius 1 is 1.08 bits per heavy atom. The van der Waals surface area contributed by atoms with Crippen LogP contribution >= 0.6 is 0 Å². The van der Waals surface area contributed by atoms with E-state index in [-0.39, 0.29) is 13.2 Å². The van der Waals surface area contributed by atoms with Gasteiger partial charge in [0.2, 0.25) is 0 Å². The average molecular weight is 340 g/mol. The zero-order valence-corrected chi connectivity index (χ0v) is 13.8. The van der Waals surface area contributed by atoms with Crippen molar-refractivity contribution < 1.29 is 19.8 Å². The van der Waals surface area contributed by atoms with E-state index in [1.54, 1.807) is 0 Å². The Balaban J connectivity index is 1.67. The van der Waals surface area contributed by atoms with Crippen LogP contribution in [0.3, 0.4) is 0 Å². The molecule has 1 aliphatic rings. The zero-order valence-electron chi connectivity index (χ0n) is 13.8. The number of hydrogen-bond donors (Lipinski definition) is 3. The highest BCUT2D eigenvalue weighted by Crippen LogP contribution is 2.36. The molecule has 0 unspecified atom stereocenters. The summed E-state index contributed by atoms with van der Waals surface area (Å²) >= 11 is 0. The largest absolute Gasteiger partial charge is 0.480 e. The minimum absolute atomic E-state index is 0.0207. The maximum Gasteiger partial charge on any atom is 0.320 e. The van der Waals surface area contributed by atoms with Crippen LogP contribution in [0.15, 0.2) is 53.7 Å². The second kappa shape index (κ2) is 7.46. The summed E-state index contributed by atoms with van der Waals surface area (Å²) in [6.07, 6.45) is -0.849. The van der Waals surface area contributed by atoms with Crippen LogP contribution in [0.2, 0.25) is 0 Å². The normalized spacial score (nSPS) is 14.4. The Morgan fingerprint density at radius 2 is 1.60 bits per heavy atom. The first kappa shape index (κ1) is 17.1. The maximum atomic E-state index is 10.7. The molecule has 6 heteroatoms. The fraction of sp³-hybridized carbons (Fsp3) is 0.263. The van der Waals surface area contributed by atoms with Gasteiger partial charge >= 0.3 is 5.97 Å². The van der Waals surface area contributed by atoms with Gasteiger partial charge in [0.1, 0.15) is 24.5 Å². The Bertz CT molecular complexity index is 756. The van der Waals surface area contributed by atoms with E-state index in [9.17, 15) is 9.90 Å². The number of carboxylic acid groups (broad SMARTS) is 1. The van der Waals surface area contributed by atoms with Gasteiger partial charge in [0.05, 0.1) is 0 Å². The molecule has 0 radical (unpaired) electrons. The summed E-state index contributed by atoms with van der Waals surface area (Å²) < 4.78 is 0. The van der Waals surface area contributed by atoms with Crippen LogP contribution in [0.4, 0.5) is 0 Å². The van der Waals surface area contributed by atoms with Crippen LogP contribution in [-0.4, -0.2) is 47.2 Å². The van der Waals surface area contributed by atoms with Gasteiger partial charge < -0.3 is 20.4 Å². The molecule has 3 rings (SSSR count). The minimum atomic E-state index is -0.965. The van der Waals surface area contributed by atoms with Gasteiger partial charge in [-0.2, -0.15) is 0 Å². The molecule has 1 aliphatic carbocycles. The molecule has 130 valence electrons. The van der Waals surface area contributed by atoms with Gasteiger partial charge in [-0.05, 0) is 18.1 Å². The summed E-state index contributed by atoms with van der Waals surface area (Å²) in [6.45, 7) is 1.61. The van der Waals surface area contributed by atoms with Crippen molar-refractivity contribution in [3.05, 3.63) is 59.7 Å². The monoisotopic (exact) mass is 340 g/mol. The summed E-state index contributed by atoms with van der Waals surface area (Å²) in [4.78, 5) is 16.1. The molecule has 0 heterocycles. The molecule has 2 atom stereocenters. The van der Waals surface area contributed by atoms with Gasteiger partial charge in [0.25, 0.3) is 0 Å². The lowest BCUT2D eigenvalue weighted by molar-refractivity contribution is -0.139. The van der Waals surface area contributed by atoms with Crippen LogP contribution in [0.25, 0.3) is 11.1 Å². The number of carbonyl (C=O) groups is 1. The number of nitrogens with one attached hydrogen (secondary N) is 1. The molecule has 0 aliphatic heterocycles. The predicted octanol–water partition coefficient (Wildman–Crippen LogP) is 1.86. The molecule has 25 heavy (non-hydrogen) atoms. The Hall–Kier alpha value is -2.70. The Kier molecular flexibility index (Phi) is 5.11. The summed E-state index contributed by atoms with van der Waals surface area (Å²) in [6, 6.07) is 15.2. The van der Waals surface area contributed by atoms with Crippen molar-refractivity contribution in [3.8, 4) is 11.1 Å². The van der Waals surface area contributed by atoms with Gasteiger partial charge in [-0.25, -0.2) is 0 Å². The molecular weight excluding hydrogens is 320 g/mol. The van der Waals surface area contributed by atoms with E-state index in [4.69, 9.17) is 9.94 Å². The van der Waals surface area contributed by atoms with E-state index in [0.29, 0.717) is 0 Å². The molecule has 0 bridgehead atoms. The molecule has 3 N–H and O–H groups in total. The minimum Gasteiger partial charge on any atom is -0.480 e. The van der Waals surface area contributed by atoms with Gasteiger partial charge in [0, 0.05) is 17.7 Å². The molecule has 0 aromatic heterocycles. The van der Waals surface area contributed by atoms with Crippen LogP contribution in [-0.2, 0) is 9.63 Å². The number of benzene rings is 2. The van der Waals surface area contributed by atoms with Crippen molar-refractivity contribution in [2.24, 2.45) is 5.16 Å². The number of aliphatic carboxylic acids is 1. The lowest BCUT2D eigenvalue weighted by atomic mass is 10.1. The fourth-order valence-corrected chi connectivity index (χ4v) is 2.74. The van der Waals surface area contributed by atoms with Gasteiger partial charge in [-0.1, -0.05) is 53.7 Å². The smallest absolute Gasteiger partial charge is 0.320 e. The predicted molar refractivity (Wildman–Crippen MR) is 94.6 cm³/mol. The van der Waals surface area contributed by atoms with E-state index in [1.807, 2.05) is 48.5 Å². The highest BCUT2D eigenvalue weighted by molar-refractivity contribution is 6.24. The third-order valence-corrected chi connectivity index (χ3v) is 4.11. The van der Waals surface area contributed by atoms with E-state index in [0.717, 1.165) is 28.0 Å². The fourth-order valence-electron chi connectivity index (χ4n) is 2.74. The number of nitrogens with zero attached hydrogens (tertiary/aromatic N) is 1. The number of carboxylic acids is 1. The Labute approximate surface area is 145 Å². The van der Waals surface area contributed by atoms with Crippen LogP contribution < -0.4 is 5.32 Å². The lowest BCUT2D eigenvalue weighted by Crippen LogP contribution is -2.40. The molecule has 2 aromatic rings. The average Bonchev–Trinajstić information content (AvgIpc) is 2.94. The Morgan fingerprint density at radius 3 is 2.12 bits per heavy atom. The van der Waals surface area contributed by atoms with Gasteiger partial charge in [-0.3, -0.25) is 4.79 Å². The third kappa shape index (κ3) is 3.70. The molecule has 0 saturated carbocycles. The number of fused-ring (bicyclic) bond motifs is 3. The topological polar surface area (TPSA) is 91.1 Å². The van der Waals surface area contributed by atoms with Gasteiger partial charge in [-0.15, -0.1) is 0 Å². The van der Waals surface area contributed by atoms with Crippen molar-refractivity contribution in [1.82, 2.24) is 5.32 Å². The number of oxime groups is 1. The summed E-state index contributed by atoms with van der Waals surface area (Å²) in [7, 11) is 0. The molecule has 0 fully saturated rings. The second-order valence-corrected chi connectivity index (χ2v) is 5.95. The van der Waals surface area contributed by atoms with Crippen molar-refractivity contribution >= 4 is 11.7 Å².